The molecule has 100 valence electrons. The molecule has 18 heavy (non-hydrogen) atoms. The molecule has 6 heteroatoms. The Morgan fingerprint density at radius 3 is 2.61 bits per heavy atom. The molecular weight excluding hydrogens is 306 g/mol. The molecule has 1 rings (SSSR count). The van der Waals surface area contributed by atoms with Crippen molar-refractivity contribution in [2.24, 2.45) is 0 Å². The second kappa shape index (κ2) is 6.28. The molecule has 1 aromatic carbocycles. The van der Waals surface area contributed by atoms with Gasteiger partial charge in [0.25, 0.3) is 0 Å². The molecule has 0 bridgehead atoms. The van der Waals surface area contributed by atoms with Crippen molar-refractivity contribution in [3.05, 3.63) is 23.8 Å². The van der Waals surface area contributed by atoms with E-state index in [4.69, 9.17) is 0 Å². The average Bonchev–Trinajstić information content (AvgIpc) is 2.24. The number of anilines is 1. The van der Waals surface area contributed by atoms with Crippen LogP contribution in [0.15, 0.2) is 18.2 Å². The SMILES string of the molecule is CCCCC(=O)Nc1cc([AsH2])ccc1C(F)(F)F. The van der Waals surface area contributed by atoms with E-state index in [9.17, 15) is 18.0 Å². The van der Waals surface area contributed by atoms with Gasteiger partial charge in [0.2, 0.25) is 0 Å². The number of nitrogens with one attached hydrogen (secondary N) is 1. The maximum atomic E-state index is 12.7. The van der Waals surface area contributed by atoms with Crippen molar-refractivity contribution in [3.63, 3.8) is 0 Å². The summed E-state index contributed by atoms with van der Waals surface area (Å²) in [5.41, 5.74) is -0.945. The predicted octanol–water partition coefficient (Wildman–Crippen LogP) is 2.09. The summed E-state index contributed by atoms with van der Waals surface area (Å²) in [4.78, 5) is 11.5. The van der Waals surface area contributed by atoms with Gasteiger partial charge in [0.15, 0.2) is 0 Å². The quantitative estimate of drug-likeness (QED) is 0.846. The number of halogens is 3. The zero-order valence-corrected chi connectivity index (χ0v) is 12.4. The predicted molar refractivity (Wildman–Crippen MR) is 67.8 cm³/mol. The fourth-order valence-corrected chi connectivity index (χ4v) is 2.01. The van der Waals surface area contributed by atoms with E-state index in [2.05, 4.69) is 5.32 Å². The summed E-state index contributed by atoms with van der Waals surface area (Å²) in [6, 6.07) is 3.78. The summed E-state index contributed by atoms with van der Waals surface area (Å²) >= 11 is 1.21. The maximum absolute atomic E-state index is 12.7. The number of benzene rings is 1. The van der Waals surface area contributed by atoms with Gasteiger partial charge >= 0.3 is 112 Å². The van der Waals surface area contributed by atoms with E-state index in [1.165, 1.54) is 29.0 Å². The van der Waals surface area contributed by atoms with Crippen LogP contribution in [0.25, 0.3) is 0 Å². The van der Waals surface area contributed by atoms with Crippen LogP contribution in [0.3, 0.4) is 0 Å². The van der Waals surface area contributed by atoms with Crippen LogP contribution < -0.4 is 9.67 Å². The van der Waals surface area contributed by atoms with Crippen LogP contribution in [0, 0.1) is 0 Å². The van der Waals surface area contributed by atoms with E-state index in [0.717, 1.165) is 16.8 Å². The summed E-state index contributed by atoms with van der Waals surface area (Å²) in [7, 11) is 0. The van der Waals surface area contributed by atoms with Crippen LogP contribution in [0.2, 0.25) is 0 Å². The molecule has 1 unspecified atom stereocenters. The molecule has 0 fully saturated rings. The molecule has 0 saturated heterocycles. The number of unbranched alkanes of at least 4 members (excludes halogenated alkanes) is 1. The van der Waals surface area contributed by atoms with Crippen LogP contribution in [-0.4, -0.2) is 22.8 Å². The van der Waals surface area contributed by atoms with Gasteiger partial charge in [-0.1, -0.05) is 0 Å². The summed E-state index contributed by atoms with van der Waals surface area (Å²) in [5, 5.41) is 2.34. The normalized spacial score (nSPS) is 11.4. The van der Waals surface area contributed by atoms with Crippen LogP contribution >= 0.6 is 0 Å². The number of carbonyl (C=O) groups excluding carboxylic acids is 1. The number of hydrogen-bond donors (Lipinski definition) is 1. The molecular formula is C12H15AsF3NO. The Bertz CT molecular complexity index is 432. The minimum atomic E-state index is -4.45. The van der Waals surface area contributed by atoms with Crippen LogP contribution in [0.4, 0.5) is 18.9 Å². The van der Waals surface area contributed by atoms with Crippen molar-refractivity contribution >= 4 is 32.8 Å². The molecule has 1 amide bonds. The monoisotopic (exact) mass is 321 g/mol. The molecule has 0 aromatic heterocycles. The third-order valence-corrected chi connectivity index (χ3v) is 3.13. The summed E-state index contributed by atoms with van der Waals surface area (Å²) in [6.07, 6.45) is -2.71. The second-order valence-electron chi connectivity index (χ2n) is 3.95. The van der Waals surface area contributed by atoms with Crippen molar-refractivity contribution in [2.75, 3.05) is 5.32 Å². The standard InChI is InChI=1S/C12H15AsF3NO/c1-2-3-4-11(18)17-10-7-8(13)5-6-9(10)12(14,15)16/h5-7H,2-4,13H2,1H3,(H,17,18). The number of amides is 1. The Kier molecular flexibility index (Phi) is 5.26. The van der Waals surface area contributed by atoms with Crippen molar-refractivity contribution in [3.8, 4) is 0 Å². The number of hydrogen-bond acceptors (Lipinski definition) is 1. The molecule has 2 nitrogen and oxygen atoms in total. The summed E-state index contributed by atoms with van der Waals surface area (Å²) < 4.78 is 38.9. The Balaban J connectivity index is 2.93. The summed E-state index contributed by atoms with van der Waals surface area (Å²) in [5.74, 6) is -0.375. The second-order valence-corrected chi connectivity index (χ2v) is 5.35. The molecule has 0 aliphatic heterocycles. The van der Waals surface area contributed by atoms with E-state index in [-0.39, 0.29) is 18.0 Å². The summed E-state index contributed by atoms with van der Waals surface area (Å²) in [6.45, 7) is 1.92. The first-order valence-corrected chi connectivity index (χ1v) is 6.82. The van der Waals surface area contributed by atoms with Gasteiger partial charge in [-0.15, -0.1) is 0 Å². The Labute approximate surface area is 112 Å². The Morgan fingerprint density at radius 1 is 1.39 bits per heavy atom. The molecule has 1 N–H and O–H groups in total. The van der Waals surface area contributed by atoms with E-state index < -0.39 is 11.7 Å². The first kappa shape index (κ1) is 15.1. The molecule has 0 heterocycles. The molecule has 0 aliphatic rings. The number of alkyl halides is 3. The topological polar surface area (TPSA) is 29.1 Å². The van der Waals surface area contributed by atoms with Crippen LogP contribution in [-0.2, 0) is 11.0 Å². The van der Waals surface area contributed by atoms with E-state index in [1.807, 2.05) is 6.92 Å². The Hall–Kier alpha value is -0.962. The first-order valence-electron chi connectivity index (χ1n) is 5.61. The van der Waals surface area contributed by atoms with Gasteiger partial charge < -0.3 is 0 Å². The van der Waals surface area contributed by atoms with Crippen molar-refractivity contribution in [1.82, 2.24) is 0 Å². The van der Waals surface area contributed by atoms with Gasteiger partial charge in [0.1, 0.15) is 0 Å². The van der Waals surface area contributed by atoms with E-state index >= 15 is 0 Å². The molecule has 1 atom stereocenters. The average molecular weight is 321 g/mol. The minimum absolute atomic E-state index is 0.148. The van der Waals surface area contributed by atoms with Crippen molar-refractivity contribution in [2.45, 2.75) is 32.4 Å². The van der Waals surface area contributed by atoms with Gasteiger partial charge in [-0.3, -0.25) is 0 Å². The van der Waals surface area contributed by atoms with Gasteiger partial charge in [-0.05, 0) is 0 Å². The fraction of sp³-hybridized carbons (Fsp3) is 0.417. The van der Waals surface area contributed by atoms with Crippen molar-refractivity contribution < 1.29 is 18.0 Å². The molecule has 0 spiro atoms. The third-order valence-electron chi connectivity index (χ3n) is 2.38. The fourth-order valence-electron chi connectivity index (χ4n) is 1.46. The number of carbonyl (C=O) groups is 1. The van der Waals surface area contributed by atoms with Gasteiger partial charge in [-0.25, -0.2) is 0 Å². The molecule has 0 aliphatic carbocycles. The van der Waals surface area contributed by atoms with Gasteiger partial charge in [-0.2, -0.15) is 0 Å². The zero-order valence-electron chi connectivity index (χ0n) is 9.97. The molecule has 1 aromatic rings. The zero-order chi connectivity index (χ0) is 13.8. The van der Waals surface area contributed by atoms with E-state index in [0.29, 0.717) is 6.42 Å². The Morgan fingerprint density at radius 2 is 2.06 bits per heavy atom. The molecule has 0 saturated carbocycles. The van der Waals surface area contributed by atoms with Gasteiger partial charge in [0, 0.05) is 0 Å². The van der Waals surface area contributed by atoms with Crippen LogP contribution in [0.5, 0.6) is 0 Å². The van der Waals surface area contributed by atoms with Gasteiger partial charge in [0.05, 0.1) is 0 Å². The van der Waals surface area contributed by atoms with Crippen LogP contribution in [0.1, 0.15) is 31.7 Å². The van der Waals surface area contributed by atoms with Crippen molar-refractivity contribution in [1.29, 1.82) is 0 Å². The van der Waals surface area contributed by atoms with E-state index in [1.54, 1.807) is 0 Å². The first-order chi connectivity index (χ1) is 8.34. The third kappa shape index (κ3) is 4.37. The molecule has 0 radical (unpaired) electrons. The number of rotatable bonds is 4.